The molecule has 2 N–H and O–H groups in total. The van der Waals surface area contributed by atoms with Crippen LogP contribution in [0.5, 0.6) is 0 Å². The van der Waals surface area contributed by atoms with Crippen LogP contribution in [0, 0.1) is 0 Å². The number of nitrogens with zero attached hydrogens (tertiary/aromatic N) is 4. The normalized spacial score (nSPS) is 18.3. The smallest absolute Gasteiger partial charge is 0.0534 e. The molecule has 0 bridgehead atoms. The van der Waals surface area contributed by atoms with Crippen molar-refractivity contribution in [3.05, 3.63) is 18.0 Å². The molecular formula is C13H25N5. The first-order valence-electron chi connectivity index (χ1n) is 6.90. The Bertz CT molecular complexity index is 341. The second kappa shape index (κ2) is 6.87. The summed E-state index contributed by atoms with van der Waals surface area (Å²) in [4.78, 5) is 5.06. The molecule has 5 heteroatoms. The Kier molecular flexibility index (Phi) is 5.16. The minimum atomic E-state index is 0.820. The highest BCUT2D eigenvalue weighted by Gasteiger charge is 2.16. The van der Waals surface area contributed by atoms with Crippen molar-refractivity contribution >= 4 is 0 Å². The summed E-state index contributed by atoms with van der Waals surface area (Å²) in [5.41, 5.74) is 6.83. The number of unbranched alkanes of at least 4 members (excludes halogenated alkanes) is 1. The van der Waals surface area contributed by atoms with Crippen molar-refractivity contribution in [2.75, 3.05) is 39.3 Å². The van der Waals surface area contributed by atoms with Crippen LogP contribution < -0.4 is 5.73 Å². The van der Waals surface area contributed by atoms with E-state index in [0.717, 1.165) is 32.6 Å². The molecule has 0 radical (unpaired) electrons. The van der Waals surface area contributed by atoms with E-state index in [4.69, 9.17) is 5.73 Å². The van der Waals surface area contributed by atoms with Gasteiger partial charge in [0.2, 0.25) is 0 Å². The fraction of sp³-hybridized carbons (Fsp3) is 0.769. The molecule has 1 aromatic heterocycles. The van der Waals surface area contributed by atoms with Crippen LogP contribution in [0.2, 0.25) is 0 Å². The fourth-order valence-electron chi connectivity index (χ4n) is 2.46. The highest BCUT2D eigenvalue weighted by molar-refractivity contribution is 5.03. The molecule has 0 aromatic carbocycles. The number of rotatable bonds is 6. The van der Waals surface area contributed by atoms with Crippen molar-refractivity contribution in [3.8, 4) is 0 Å². The van der Waals surface area contributed by atoms with Gasteiger partial charge in [-0.15, -0.1) is 0 Å². The summed E-state index contributed by atoms with van der Waals surface area (Å²) in [6, 6.07) is 0. The third kappa shape index (κ3) is 4.08. The Morgan fingerprint density at radius 3 is 2.50 bits per heavy atom. The molecule has 2 heterocycles. The van der Waals surface area contributed by atoms with Crippen molar-refractivity contribution in [1.29, 1.82) is 0 Å². The Labute approximate surface area is 110 Å². The van der Waals surface area contributed by atoms with E-state index in [1.165, 1.54) is 31.6 Å². The summed E-state index contributed by atoms with van der Waals surface area (Å²) in [6.07, 6.45) is 6.45. The quantitative estimate of drug-likeness (QED) is 0.738. The molecule has 0 aliphatic carbocycles. The van der Waals surface area contributed by atoms with E-state index in [1.807, 2.05) is 17.9 Å². The molecule has 1 aromatic rings. The van der Waals surface area contributed by atoms with Crippen LogP contribution >= 0.6 is 0 Å². The van der Waals surface area contributed by atoms with Crippen LogP contribution in [0.15, 0.2) is 12.4 Å². The summed E-state index contributed by atoms with van der Waals surface area (Å²) in [5, 5.41) is 4.21. The minimum Gasteiger partial charge on any atom is -0.330 e. The van der Waals surface area contributed by atoms with Crippen LogP contribution in [0.25, 0.3) is 0 Å². The third-order valence-electron chi connectivity index (χ3n) is 3.56. The molecular weight excluding hydrogens is 226 g/mol. The van der Waals surface area contributed by atoms with Gasteiger partial charge in [0.25, 0.3) is 0 Å². The third-order valence-corrected chi connectivity index (χ3v) is 3.56. The van der Waals surface area contributed by atoms with Gasteiger partial charge in [-0.25, -0.2) is 0 Å². The summed E-state index contributed by atoms with van der Waals surface area (Å²) in [6.45, 7) is 7.76. The van der Waals surface area contributed by atoms with Crippen LogP contribution in [-0.4, -0.2) is 58.8 Å². The maximum absolute atomic E-state index is 5.52. The Morgan fingerprint density at radius 2 is 1.89 bits per heavy atom. The predicted octanol–water partition coefficient (Wildman–Crippen LogP) is 0.277. The number of hydrogen-bond donors (Lipinski definition) is 1. The van der Waals surface area contributed by atoms with Gasteiger partial charge in [-0.3, -0.25) is 9.58 Å². The van der Waals surface area contributed by atoms with Crippen molar-refractivity contribution in [1.82, 2.24) is 19.6 Å². The number of aromatic nitrogens is 2. The topological polar surface area (TPSA) is 50.3 Å². The maximum Gasteiger partial charge on any atom is 0.0534 e. The summed E-state index contributed by atoms with van der Waals surface area (Å²) >= 11 is 0. The summed E-state index contributed by atoms with van der Waals surface area (Å²) < 4.78 is 1.87. The van der Waals surface area contributed by atoms with Crippen molar-refractivity contribution < 1.29 is 0 Å². The van der Waals surface area contributed by atoms with E-state index in [0.29, 0.717) is 0 Å². The van der Waals surface area contributed by atoms with Crippen LogP contribution in [0.4, 0.5) is 0 Å². The molecule has 1 fully saturated rings. The van der Waals surface area contributed by atoms with E-state index in [2.05, 4.69) is 21.1 Å². The lowest BCUT2D eigenvalue weighted by molar-refractivity contribution is 0.126. The maximum atomic E-state index is 5.52. The van der Waals surface area contributed by atoms with E-state index >= 15 is 0 Å². The zero-order valence-electron chi connectivity index (χ0n) is 11.4. The second-order valence-corrected chi connectivity index (χ2v) is 5.14. The first-order chi connectivity index (χ1) is 8.78. The number of aryl methyl sites for hydroxylation is 1. The molecule has 1 aliphatic heterocycles. The predicted molar refractivity (Wildman–Crippen MR) is 73.2 cm³/mol. The minimum absolute atomic E-state index is 0.820. The lowest BCUT2D eigenvalue weighted by atomic mass is 10.2. The summed E-state index contributed by atoms with van der Waals surface area (Å²) in [7, 11) is 1.97. The molecule has 18 heavy (non-hydrogen) atoms. The van der Waals surface area contributed by atoms with Crippen molar-refractivity contribution in [3.63, 3.8) is 0 Å². The largest absolute Gasteiger partial charge is 0.330 e. The zero-order chi connectivity index (χ0) is 12.8. The first-order valence-corrected chi connectivity index (χ1v) is 6.90. The van der Waals surface area contributed by atoms with Crippen LogP contribution in [0.1, 0.15) is 18.4 Å². The van der Waals surface area contributed by atoms with Gasteiger partial charge in [0.1, 0.15) is 0 Å². The van der Waals surface area contributed by atoms with E-state index in [-0.39, 0.29) is 0 Å². The molecule has 0 unspecified atom stereocenters. The van der Waals surface area contributed by atoms with Gasteiger partial charge in [0.15, 0.2) is 0 Å². The van der Waals surface area contributed by atoms with Crippen LogP contribution in [-0.2, 0) is 13.6 Å². The van der Waals surface area contributed by atoms with Gasteiger partial charge in [-0.1, -0.05) is 0 Å². The zero-order valence-corrected chi connectivity index (χ0v) is 11.4. The second-order valence-electron chi connectivity index (χ2n) is 5.14. The molecule has 1 aliphatic rings. The number of nitrogens with two attached hydrogens (primary N) is 1. The Hall–Kier alpha value is -0.910. The van der Waals surface area contributed by atoms with Crippen LogP contribution in [0.3, 0.4) is 0 Å². The monoisotopic (exact) mass is 251 g/mol. The molecule has 102 valence electrons. The lowest BCUT2D eigenvalue weighted by Crippen LogP contribution is -2.46. The lowest BCUT2D eigenvalue weighted by Gasteiger charge is -2.34. The van der Waals surface area contributed by atoms with E-state index in [1.54, 1.807) is 0 Å². The molecule has 0 amide bonds. The van der Waals surface area contributed by atoms with Gasteiger partial charge in [-0.2, -0.15) is 5.10 Å². The Balaban J connectivity index is 1.67. The van der Waals surface area contributed by atoms with E-state index in [9.17, 15) is 0 Å². The van der Waals surface area contributed by atoms with Gasteiger partial charge < -0.3 is 10.6 Å². The molecule has 2 rings (SSSR count). The molecule has 0 atom stereocenters. The van der Waals surface area contributed by atoms with Crippen molar-refractivity contribution in [2.45, 2.75) is 19.4 Å². The molecule has 0 saturated carbocycles. The molecule has 0 spiro atoms. The number of piperazine rings is 1. The van der Waals surface area contributed by atoms with Crippen molar-refractivity contribution in [2.24, 2.45) is 12.8 Å². The molecule has 1 saturated heterocycles. The standard InChI is InChI=1S/C13H25N5/c1-16-11-13(10-15-16)12-18-8-6-17(7-9-18)5-3-2-4-14/h10-11H,2-9,12,14H2,1H3. The summed E-state index contributed by atoms with van der Waals surface area (Å²) in [5.74, 6) is 0. The van der Waals surface area contributed by atoms with E-state index < -0.39 is 0 Å². The van der Waals surface area contributed by atoms with Gasteiger partial charge >= 0.3 is 0 Å². The highest BCUT2D eigenvalue weighted by Crippen LogP contribution is 2.08. The molecule has 5 nitrogen and oxygen atoms in total. The van der Waals surface area contributed by atoms with Gasteiger partial charge in [0.05, 0.1) is 6.20 Å². The average molecular weight is 251 g/mol. The van der Waals surface area contributed by atoms with Gasteiger partial charge in [-0.05, 0) is 25.9 Å². The fourth-order valence-corrected chi connectivity index (χ4v) is 2.46. The SMILES string of the molecule is Cn1cc(CN2CCN(CCCCN)CC2)cn1. The highest BCUT2D eigenvalue weighted by atomic mass is 15.3. The average Bonchev–Trinajstić information content (AvgIpc) is 2.77. The first kappa shape index (κ1) is 13.5. The number of hydrogen-bond acceptors (Lipinski definition) is 4. The van der Waals surface area contributed by atoms with Gasteiger partial charge in [0, 0.05) is 51.5 Å². The Morgan fingerprint density at radius 1 is 1.17 bits per heavy atom.